The molecule has 0 saturated carbocycles. The van der Waals surface area contributed by atoms with E-state index in [0.29, 0.717) is 29.4 Å². The highest BCUT2D eigenvalue weighted by atomic mass is 79.9. The topological polar surface area (TPSA) is 115 Å². The van der Waals surface area contributed by atoms with Crippen LogP contribution < -0.4 is 16.2 Å². The van der Waals surface area contributed by atoms with E-state index in [1.807, 2.05) is 13.8 Å². The molecular weight excluding hydrogens is 370 g/mol. The smallest absolute Gasteiger partial charge is 0.252 e. The highest BCUT2D eigenvalue weighted by Gasteiger charge is 2.28. The predicted octanol–water partition coefficient (Wildman–Crippen LogP) is 1.65. The molecule has 0 radical (unpaired) electrons. The molecule has 0 bridgehead atoms. The number of hydrogen-bond donors (Lipinski definition) is 3. The van der Waals surface area contributed by atoms with Gasteiger partial charge in [0.15, 0.2) is 0 Å². The Hall–Kier alpha value is -0.960. The molecule has 0 saturated heterocycles. The van der Waals surface area contributed by atoms with Crippen LogP contribution in [0.5, 0.6) is 0 Å². The Labute approximate surface area is 139 Å². The number of nitrogens with one attached hydrogen (secondary N) is 1. The lowest BCUT2D eigenvalue weighted by atomic mass is 9.92. The van der Waals surface area contributed by atoms with Gasteiger partial charge in [-0.2, -0.15) is 0 Å². The molecule has 0 atom stereocenters. The number of carbonyl (C=O) groups excluding carboxylic acids is 1. The van der Waals surface area contributed by atoms with E-state index in [-0.39, 0.29) is 16.4 Å². The molecule has 0 unspecified atom stereocenters. The van der Waals surface area contributed by atoms with Crippen molar-refractivity contribution in [3.05, 3.63) is 27.7 Å². The molecule has 0 heterocycles. The van der Waals surface area contributed by atoms with Gasteiger partial charge in [-0.1, -0.05) is 29.8 Å². The first-order valence-corrected chi connectivity index (χ1v) is 9.29. The van der Waals surface area contributed by atoms with Crippen LogP contribution in [0.2, 0.25) is 0 Å². The third-order valence-electron chi connectivity index (χ3n) is 4.00. The standard InChI is InChI=1S/C14H22BrN3O3S/c1-4-14(5-2,8-16)18-13(19)11-6-10(15)7-12(9(11)3)22(17,20)21/h6-7H,4-5,8,16H2,1-3H3,(H,18,19)(H2,17,20,21). The molecule has 1 amide bonds. The van der Waals surface area contributed by atoms with E-state index in [0.717, 1.165) is 0 Å². The molecule has 0 aromatic heterocycles. The van der Waals surface area contributed by atoms with Crippen LogP contribution in [0.25, 0.3) is 0 Å². The van der Waals surface area contributed by atoms with Gasteiger partial charge in [-0.25, -0.2) is 13.6 Å². The average Bonchev–Trinajstić information content (AvgIpc) is 2.45. The Kier molecular flexibility index (Phi) is 6.14. The number of hydrogen-bond acceptors (Lipinski definition) is 4. The maximum Gasteiger partial charge on any atom is 0.252 e. The summed E-state index contributed by atoms with van der Waals surface area (Å²) in [4.78, 5) is 12.5. The van der Waals surface area contributed by atoms with Crippen molar-refractivity contribution >= 4 is 31.9 Å². The van der Waals surface area contributed by atoms with E-state index in [9.17, 15) is 13.2 Å². The van der Waals surface area contributed by atoms with E-state index >= 15 is 0 Å². The van der Waals surface area contributed by atoms with Crippen LogP contribution in [0, 0.1) is 6.92 Å². The van der Waals surface area contributed by atoms with Gasteiger partial charge in [-0.05, 0) is 37.5 Å². The van der Waals surface area contributed by atoms with Gasteiger partial charge in [0.2, 0.25) is 10.0 Å². The zero-order valence-electron chi connectivity index (χ0n) is 12.9. The summed E-state index contributed by atoms with van der Waals surface area (Å²) in [5.41, 5.74) is 5.86. The van der Waals surface area contributed by atoms with Crippen LogP contribution in [-0.2, 0) is 10.0 Å². The molecular formula is C14H22BrN3O3S. The third kappa shape index (κ3) is 4.07. The number of primary sulfonamides is 1. The van der Waals surface area contributed by atoms with Crippen LogP contribution in [0.4, 0.5) is 0 Å². The molecule has 124 valence electrons. The second-order valence-corrected chi connectivity index (χ2v) is 7.71. The molecule has 0 aliphatic heterocycles. The van der Waals surface area contributed by atoms with Crippen molar-refractivity contribution in [1.29, 1.82) is 0 Å². The summed E-state index contributed by atoms with van der Waals surface area (Å²) in [5, 5.41) is 8.12. The van der Waals surface area contributed by atoms with Crippen LogP contribution >= 0.6 is 15.9 Å². The molecule has 1 aromatic rings. The largest absolute Gasteiger partial charge is 0.345 e. The number of amides is 1. The maximum absolute atomic E-state index is 12.6. The van der Waals surface area contributed by atoms with Gasteiger partial charge in [-0.3, -0.25) is 4.79 Å². The molecule has 0 aliphatic carbocycles. The Morgan fingerprint density at radius 2 is 1.86 bits per heavy atom. The first kappa shape index (κ1) is 19.1. The zero-order chi connectivity index (χ0) is 17.1. The van der Waals surface area contributed by atoms with Gasteiger partial charge in [-0.15, -0.1) is 0 Å². The van der Waals surface area contributed by atoms with Gasteiger partial charge in [0.25, 0.3) is 5.91 Å². The predicted molar refractivity (Wildman–Crippen MR) is 90.1 cm³/mol. The molecule has 8 heteroatoms. The van der Waals surface area contributed by atoms with Crippen molar-refractivity contribution in [1.82, 2.24) is 5.32 Å². The minimum absolute atomic E-state index is 0.0710. The SMILES string of the molecule is CCC(CC)(CN)NC(=O)c1cc(Br)cc(S(N)(=O)=O)c1C. The molecule has 0 fully saturated rings. The minimum atomic E-state index is -3.91. The maximum atomic E-state index is 12.6. The lowest BCUT2D eigenvalue weighted by Gasteiger charge is -2.31. The van der Waals surface area contributed by atoms with E-state index in [1.54, 1.807) is 13.0 Å². The molecule has 5 N–H and O–H groups in total. The lowest BCUT2D eigenvalue weighted by Crippen LogP contribution is -2.53. The summed E-state index contributed by atoms with van der Waals surface area (Å²) in [6.07, 6.45) is 1.36. The fraction of sp³-hybridized carbons (Fsp3) is 0.500. The number of benzene rings is 1. The summed E-state index contributed by atoms with van der Waals surface area (Å²) in [6.45, 7) is 5.75. The van der Waals surface area contributed by atoms with Gasteiger partial charge < -0.3 is 11.1 Å². The van der Waals surface area contributed by atoms with Crippen molar-refractivity contribution in [2.24, 2.45) is 10.9 Å². The van der Waals surface area contributed by atoms with Crippen molar-refractivity contribution in [2.45, 2.75) is 44.0 Å². The van der Waals surface area contributed by atoms with Gasteiger partial charge in [0, 0.05) is 16.6 Å². The van der Waals surface area contributed by atoms with E-state index in [4.69, 9.17) is 10.9 Å². The Morgan fingerprint density at radius 3 is 2.27 bits per heavy atom. The van der Waals surface area contributed by atoms with Crippen LogP contribution in [0.15, 0.2) is 21.5 Å². The molecule has 6 nitrogen and oxygen atoms in total. The summed E-state index contributed by atoms with van der Waals surface area (Å²) < 4.78 is 23.8. The van der Waals surface area contributed by atoms with Crippen molar-refractivity contribution in [3.63, 3.8) is 0 Å². The Bertz CT molecular complexity index is 662. The quantitative estimate of drug-likeness (QED) is 0.683. The summed E-state index contributed by atoms with van der Waals surface area (Å²) in [7, 11) is -3.91. The fourth-order valence-corrected chi connectivity index (χ4v) is 3.70. The first-order valence-electron chi connectivity index (χ1n) is 6.95. The van der Waals surface area contributed by atoms with Crippen molar-refractivity contribution < 1.29 is 13.2 Å². The van der Waals surface area contributed by atoms with Crippen molar-refractivity contribution in [2.75, 3.05) is 6.54 Å². The molecule has 0 spiro atoms. The van der Waals surface area contributed by atoms with Crippen LogP contribution in [0.3, 0.4) is 0 Å². The molecule has 1 aromatic carbocycles. The summed E-state index contributed by atoms with van der Waals surface area (Å²) in [5.74, 6) is -0.363. The summed E-state index contributed by atoms with van der Waals surface area (Å²) >= 11 is 3.21. The minimum Gasteiger partial charge on any atom is -0.345 e. The van der Waals surface area contributed by atoms with Gasteiger partial charge >= 0.3 is 0 Å². The molecule has 22 heavy (non-hydrogen) atoms. The van der Waals surface area contributed by atoms with Gasteiger partial charge in [0.05, 0.1) is 10.4 Å². The van der Waals surface area contributed by atoms with Gasteiger partial charge in [0.1, 0.15) is 0 Å². The Balaban J connectivity index is 3.33. The fourth-order valence-electron chi connectivity index (χ4n) is 2.26. The monoisotopic (exact) mass is 391 g/mol. The second kappa shape index (κ2) is 7.08. The van der Waals surface area contributed by atoms with Crippen LogP contribution in [0.1, 0.15) is 42.6 Å². The summed E-state index contributed by atoms with van der Waals surface area (Å²) in [6, 6.07) is 2.96. The number of rotatable bonds is 6. The van der Waals surface area contributed by atoms with E-state index < -0.39 is 15.6 Å². The number of nitrogens with two attached hydrogens (primary N) is 2. The lowest BCUT2D eigenvalue weighted by molar-refractivity contribution is 0.0894. The Morgan fingerprint density at radius 1 is 1.32 bits per heavy atom. The highest BCUT2D eigenvalue weighted by Crippen LogP contribution is 2.25. The highest BCUT2D eigenvalue weighted by molar-refractivity contribution is 9.10. The second-order valence-electron chi connectivity index (χ2n) is 5.27. The zero-order valence-corrected chi connectivity index (χ0v) is 15.3. The number of carbonyl (C=O) groups is 1. The third-order valence-corrected chi connectivity index (χ3v) is 5.49. The normalized spacial score (nSPS) is 12.3. The number of halogens is 1. The van der Waals surface area contributed by atoms with Crippen LogP contribution in [-0.4, -0.2) is 26.4 Å². The van der Waals surface area contributed by atoms with Crippen molar-refractivity contribution in [3.8, 4) is 0 Å². The average molecular weight is 392 g/mol. The molecule has 1 rings (SSSR count). The number of sulfonamides is 1. The van der Waals surface area contributed by atoms with E-state index in [2.05, 4.69) is 21.2 Å². The van der Waals surface area contributed by atoms with E-state index in [1.165, 1.54) is 6.07 Å². The first-order chi connectivity index (χ1) is 10.1. The molecule has 0 aliphatic rings.